The second kappa shape index (κ2) is 9.21. The normalized spacial score (nSPS) is 15.6. The van der Waals surface area contributed by atoms with Crippen molar-refractivity contribution in [1.29, 1.82) is 0 Å². The second-order valence-corrected chi connectivity index (χ2v) is 5.18. The average Bonchev–Trinajstić information content (AvgIpc) is 2.22. The zero-order valence-corrected chi connectivity index (χ0v) is 11.5. The van der Waals surface area contributed by atoms with Crippen LogP contribution in [0.3, 0.4) is 0 Å². The summed E-state index contributed by atoms with van der Waals surface area (Å²) in [6.07, 6.45) is 8.14. The van der Waals surface area contributed by atoms with Gasteiger partial charge in [-0.1, -0.05) is 47.0 Å². The average molecular weight is 213 g/mol. The molecule has 0 bridgehead atoms. The molecule has 0 aromatic rings. The van der Waals surface area contributed by atoms with Crippen molar-refractivity contribution < 1.29 is 0 Å². The molecule has 0 radical (unpaired) electrons. The Morgan fingerprint density at radius 3 is 2.07 bits per heavy atom. The summed E-state index contributed by atoms with van der Waals surface area (Å²) in [7, 11) is 2.12. The van der Waals surface area contributed by atoms with E-state index in [4.69, 9.17) is 0 Å². The third kappa shape index (κ3) is 6.94. The van der Waals surface area contributed by atoms with E-state index in [2.05, 4.69) is 40.1 Å². The molecule has 0 aliphatic carbocycles. The summed E-state index contributed by atoms with van der Waals surface area (Å²) < 4.78 is 0. The molecule has 0 aliphatic rings. The molecular weight excluding hydrogens is 182 g/mol. The van der Waals surface area contributed by atoms with Gasteiger partial charge in [0, 0.05) is 6.04 Å². The lowest BCUT2D eigenvalue weighted by molar-refractivity contribution is 0.301. The van der Waals surface area contributed by atoms with Crippen molar-refractivity contribution in [2.24, 2.45) is 11.8 Å². The molecule has 0 aromatic carbocycles. The summed E-state index contributed by atoms with van der Waals surface area (Å²) in [5.41, 5.74) is 0. The molecule has 0 saturated carbocycles. The van der Waals surface area contributed by atoms with Gasteiger partial charge in [-0.15, -0.1) is 0 Å². The van der Waals surface area contributed by atoms with Gasteiger partial charge in [0.15, 0.2) is 0 Å². The Kier molecular flexibility index (Phi) is 9.18. The molecule has 0 spiro atoms. The molecular formula is C14H31N. The molecule has 0 saturated heterocycles. The highest BCUT2D eigenvalue weighted by molar-refractivity contribution is 4.74. The standard InChI is InChI=1S/C14H31N/c1-6-8-9-13(7-2)14(15-5)11-10-12(3)4/h12-15H,6-11H2,1-5H3. The van der Waals surface area contributed by atoms with Crippen LogP contribution in [-0.4, -0.2) is 13.1 Å². The van der Waals surface area contributed by atoms with Gasteiger partial charge >= 0.3 is 0 Å². The lowest BCUT2D eigenvalue weighted by Gasteiger charge is -2.26. The maximum Gasteiger partial charge on any atom is 0.00923 e. The number of nitrogens with one attached hydrogen (secondary N) is 1. The Balaban J connectivity index is 3.96. The van der Waals surface area contributed by atoms with Gasteiger partial charge in [-0.05, 0) is 38.1 Å². The van der Waals surface area contributed by atoms with E-state index in [0.717, 1.165) is 17.9 Å². The van der Waals surface area contributed by atoms with E-state index in [1.54, 1.807) is 0 Å². The van der Waals surface area contributed by atoms with Crippen LogP contribution in [0.4, 0.5) is 0 Å². The minimum Gasteiger partial charge on any atom is -0.317 e. The van der Waals surface area contributed by atoms with Crippen LogP contribution in [0.2, 0.25) is 0 Å². The molecule has 92 valence electrons. The van der Waals surface area contributed by atoms with Crippen LogP contribution in [-0.2, 0) is 0 Å². The monoisotopic (exact) mass is 213 g/mol. The molecule has 15 heavy (non-hydrogen) atoms. The van der Waals surface area contributed by atoms with Crippen LogP contribution in [0.15, 0.2) is 0 Å². The Bertz CT molecular complexity index is 131. The quantitative estimate of drug-likeness (QED) is 0.604. The van der Waals surface area contributed by atoms with Crippen LogP contribution in [0, 0.1) is 11.8 Å². The highest BCUT2D eigenvalue weighted by Crippen LogP contribution is 2.21. The highest BCUT2D eigenvalue weighted by atomic mass is 14.9. The molecule has 0 rings (SSSR count). The van der Waals surface area contributed by atoms with Gasteiger partial charge in [-0.3, -0.25) is 0 Å². The van der Waals surface area contributed by atoms with Gasteiger partial charge in [0.2, 0.25) is 0 Å². The van der Waals surface area contributed by atoms with E-state index >= 15 is 0 Å². The van der Waals surface area contributed by atoms with Crippen molar-refractivity contribution in [2.75, 3.05) is 7.05 Å². The number of hydrogen-bond acceptors (Lipinski definition) is 1. The van der Waals surface area contributed by atoms with Crippen LogP contribution in [0.1, 0.15) is 66.2 Å². The summed E-state index contributed by atoms with van der Waals surface area (Å²) in [4.78, 5) is 0. The molecule has 0 amide bonds. The van der Waals surface area contributed by atoms with Gasteiger partial charge in [-0.2, -0.15) is 0 Å². The molecule has 1 heteroatoms. The van der Waals surface area contributed by atoms with Gasteiger partial charge < -0.3 is 5.32 Å². The first-order chi connectivity index (χ1) is 7.15. The van der Waals surface area contributed by atoms with Crippen LogP contribution >= 0.6 is 0 Å². The Labute approximate surface area is 97.0 Å². The van der Waals surface area contributed by atoms with Gasteiger partial charge in [-0.25, -0.2) is 0 Å². The third-order valence-corrected chi connectivity index (χ3v) is 3.45. The zero-order valence-electron chi connectivity index (χ0n) is 11.5. The van der Waals surface area contributed by atoms with E-state index in [-0.39, 0.29) is 0 Å². The summed E-state index contributed by atoms with van der Waals surface area (Å²) in [6.45, 7) is 9.26. The molecule has 1 nitrogen and oxygen atoms in total. The molecule has 0 aliphatic heterocycles. The molecule has 0 aromatic heterocycles. The van der Waals surface area contributed by atoms with Crippen LogP contribution in [0.25, 0.3) is 0 Å². The number of unbranched alkanes of at least 4 members (excludes halogenated alkanes) is 1. The second-order valence-electron chi connectivity index (χ2n) is 5.18. The first-order valence-corrected chi connectivity index (χ1v) is 6.82. The number of hydrogen-bond donors (Lipinski definition) is 1. The molecule has 1 N–H and O–H groups in total. The fourth-order valence-electron chi connectivity index (χ4n) is 2.28. The summed E-state index contributed by atoms with van der Waals surface area (Å²) in [5, 5.41) is 3.52. The Morgan fingerprint density at radius 1 is 1.00 bits per heavy atom. The van der Waals surface area contributed by atoms with E-state index in [9.17, 15) is 0 Å². The fourth-order valence-corrected chi connectivity index (χ4v) is 2.28. The Hall–Kier alpha value is -0.0400. The van der Waals surface area contributed by atoms with Crippen molar-refractivity contribution in [3.63, 3.8) is 0 Å². The van der Waals surface area contributed by atoms with Crippen molar-refractivity contribution in [3.05, 3.63) is 0 Å². The van der Waals surface area contributed by atoms with E-state index in [0.29, 0.717) is 0 Å². The first kappa shape index (κ1) is 15.0. The maximum atomic E-state index is 3.52. The van der Waals surface area contributed by atoms with Crippen molar-refractivity contribution in [1.82, 2.24) is 5.32 Å². The Morgan fingerprint density at radius 2 is 1.67 bits per heavy atom. The minimum atomic E-state index is 0.740. The molecule has 0 heterocycles. The molecule has 2 atom stereocenters. The molecule has 0 fully saturated rings. The van der Waals surface area contributed by atoms with Gasteiger partial charge in [0.05, 0.1) is 0 Å². The van der Waals surface area contributed by atoms with Crippen LogP contribution < -0.4 is 5.32 Å². The van der Waals surface area contributed by atoms with Crippen molar-refractivity contribution >= 4 is 0 Å². The third-order valence-electron chi connectivity index (χ3n) is 3.45. The van der Waals surface area contributed by atoms with E-state index in [1.165, 1.54) is 38.5 Å². The van der Waals surface area contributed by atoms with E-state index in [1.807, 2.05) is 0 Å². The minimum absolute atomic E-state index is 0.740. The van der Waals surface area contributed by atoms with Crippen molar-refractivity contribution in [3.8, 4) is 0 Å². The molecule has 2 unspecified atom stereocenters. The highest BCUT2D eigenvalue weighted by Gasteiger charge is 2.17. The SMILES string of the molecule is CCCCC(CC)C(CCC(C)C)NC. The van der Waals surface area contributed by atoms with Gasteiger partial charge in [0.25, 0.3) is 0 Å². The summed E-state index contributed by atoms with van der Waals surface area (Å²) >= 11 is 0. The first-order valence-electron chi connectivity index (χ1n) is 6.82. The lowest BCUT2D eigenvalue weighted by Crippen LogP contribution is -2.33. The van der Waals surface area contributed by atoms with Crippen molar-refractivity contribution in [2.45, 2.75) is 72.3 Å². The smallest absolute Gasteiger partial charge is 0.00923 e. The summed E-state index contributed by atoms with van der Waals surface area (Å²) in [6, 6.07) is 0.740. The summed E-state index contributed by atoms with van der Waals surface area (Å²) in [5.74, 6) is 1.72. The lowest BCUT2D eigenvalue weighted by atomic mass is 9.87. The predicted molar refractivity (Wildman–Crippen MR) is 70.2 cm³/mol. The number of rotatable bonds is 9. The predicted octanol–water partition coefficient (Wildman–Crippen LogP) is 4.23. The zero-order chi connectivity index (χ0) is 11.7. The van der Waals surface area contributed by atoms with Gasteiger partial charge in [0.1, 0.15) is 0 Å². The maximum absolute atomic E-state index is 3.52. The fraction of sp³-hybridized carbons (Fsp3) is 1.00. The topological polar surface area (TPSA) is 12.0 Å². The van der Waals surface area contributed by atoms with Crippen LogP contribution in [0.5, 0.6) is 0 Å². The largest absolute Gasteiger partial charge is 0.317 e. The van der Waals surface area contributed by atoms with E-state index < -0.39 is 0 Å².